The van der Waals surface area contributed by atoms with Crippen LogP contribution in [-0.2, 0) is 15.8 Å². The number of hydrogen-bond donors (Lipinski definition) is 3. The van der Waals surface area contributed by atoms with Crippen LogP contribution in [0, 0.1) is 0 Å². The van der Waals surface area contributed by atoms with Gasteiger partial charge in [0, 0.05) is 33.7 Å². The van der Waals surface area contributed by atoms with Gasteiger partial charge in [-0.25, -0.2) is 13.8 Å². The highest BCUT2D eigenvalue weighted by Crippen LogP contribution is 2.48. The Morgan fingerprint density at radius 3 is 2.60 bits per heavy atom. The van der Waals surface area contributed by atoms with E-state index in [1.807, 2.05) is 0 Å². The first-order valence-electron chi connectivity index (χ1n) is 13.7. The first-order valence-corrected chi connectivity index (χ1v) is 14.5. The molecule has 1 fully saturated rings. The van der Waals surface area contributed by atoms with Crippen molar-refractivity contribution in [3.8, 4) is 22.8 Å². The first-order chi connectivity index (χ1) is 21.2. The van der Waals surface area contributed by atoms with E-state index in [-0.39, 0.29) is 51.4 Å². The second-order valence-corrected chi connectivity index (χ2v) is 12.2. The number of amides is 2. The molecule has 2 amide bonds. The van der Waals surface area contributed by atoms with Crippen molar-refractivity contribution in [3.63, 3.8) is 0 Å². The minimum atomic E-state index is -5.41. The fourth-order valence-corrected chi connectivity index (χ4v) is 5.91. The quantitative estimate of drug-likeness (QED) is 0.222. The van der Waals surface area contributed by atoms with Gasteiger partial charge in [-0.15, -0.1) is 11.3 Å². The van der Waals surface area contributed by atoms with Crippen molar-refractivity contribution in [2.45, 2.75) is 49.4 Å². The lowest BCUT2D eigenvalue weighted by Crippen LogP contribution is -2.51. The average Bonchev–Trinajstić information content (AvgIpc) is 3.39. The zero-order valence-corrected chi connectivity index (χ0v) is 24.6. The van der Waals surface area contributed by atoms with Crippen LogP contribution in [0.25, 0.3) is 22.2 Å². The number of fused-ring (bicyclic) bond motifs is 2. The third kappa shape index (κ3) is 5.14. The van der Waals surface area contributed by atoms with E-state index in [4.69, 9.17) is 15.2 Å². The third-order valence-electron chi connectivity index (χ3n) is 8.12. The number of aromatic nitrogens is 3. The van der Waals surface area contributed by atoms with E-state index in [9.17, 15) is 36.6 Å². The maximum absolute atomic E-state index is 14.7. The third-order valence-corrected chi connectivity index (χ3v) is 9.06. The van der Waals surface area contributed by atoms with Gasteiger partial charge in [-0.2, -0.15) is 18.3 Å². The van der Waals surface area contributed by atoms with Gasteiger partial charge in [0.15, 0.2) is 0 Å². The summed E-state index contributed by atoms with van der Waals surface area (Å²) >= 11 is 0.650. The molecule has 1 saturated carbocycles. The molecule has 4 N–H and O–H groups in total. The van der Waals surface area contributed by atoms with Crippen LogP contribution in [0.4, 0.5) is 22.0 Å². The number of halogens is 5. The molecule has 6 rings (SSSR count). The lowest BCUT2D eigenvalue weighted by atomic mass is 9.82. The molecule has 2 aliphatic rings. The normalized spacial score (nSPS) is 19.3. The van der Waals surface area contributed by atoms with Crippen molar-refractivity contribution in [1.29, 1.82) is 0 Å². The molecule has 3 aromatic heterocycles. The number of nitrogens with zero attached hydrogens (tertiary/aromatic N) is 3. The zero-order chi connectivity index (χ0) is 32.5. The monoisotopic (exact) mass is 651 g/mol. The summed E-state index contributed by atoms with van der Waals surface area (Å²) in [7, 11) is 1.37. The molecular formula is C29H26F5N5O5S. The molecule has 1 aromatic carbocycles. The van der Waals surface area contributed by atoms with E-state index >= 15 is 0 Å². The fourth-order valence-electron chi connectivity index (χ4n) is 5.17. The maximum atomic E-state index is 14.7. The Balaban J connectivity index is 1.40. The Morgan fingerprint density at radius 2 is 2.00 bits per heavy atom. The molecule has 0 saturated heterocycles. The predicted molar refractivity (Wildman–Crippen MR) is 151 cm³/mol. The summed E-state index contributed by atoms with van der Waals surface area (Å²) < 4.78 is 83.6. The van der Waals surface area contributed by atoms with Gasteiger partial charge in [0.25, 0.3) is 12.3 Å². The van der Waals surface area contributed by atoms with Gasteiger partial charge in [-0.1, -0.05) is 0 Å². The standard InChI is InChI=1S/C29H26F5N5O5S/c1-27(26(35)41)12-44-23-17(27)8-20(37-22(23)15-7-19(24(30)31)45-10-15)28(42,29(32,33)34)11-36-25(40)13-5-14-9-39(16-3-4-16)38-21(14)18(6-13)43-2/h5-10,16,24,42H,3-4,11-12H2,1-2H3,(H2,35,41)(H,36,40)/t27-,28-/m0/s1. The van der Waals surface area contributed by atoms with Crippen molar-refractivity contribution in [3.05, 3.63) is 57.5 Å². The summed E-state index contributed by atoms with van der Waals surface area (Å²) in [6.07, 6.45) is -4.65. The first kappa shape index (κ1) is 30.7. The number of alkyl halides is 5. The van der Waals surface area contributed by atoms with E-state index in [2.05, 4.69) is 15.4 Å². The molecule has 4 heterocycles. The van der Waals surface area contributed by atoms with Gasteiger partial charge >= 0.3 is 6.18 Å². The molecule has 4 aromatic rings. The van der Waals surface area contributed by atoms with Crippen LogP contribution in [0.2, 0.25) is 0 Å². The number of nitrogens with two attached hydrogens (primary N) is 1. The van der Waals surface area contributed by atoms with Crippen molar-refractivity contribution < 1.29 is 46.1 Å². The highest BCUT2D eigenvalue weighted by Gasteiger charge is 2.57. The van der Waals surface area contributed by atoms with Crippen LogP contribution < -0.4 is 20.5 Å². The second kappa shape index (κ2) is 10.7. The van der Waals surface area contributed by atoms with Crippen molar-refractivity contribution >= 4 is 34.1 Å². The van der Waals surface area contributed by atoms with E-state index < -0.39 is 47.7 Å². The van der Waals surface area contributed by atoms with Crippen molar-refractivity contribution in [2.75, 3.05) is 20.3 Å². The SMILES string of the molecule is COc1cc(C(=O)NC[C@](O)(c2cc3c(c(-c4csc(C(F)F)c4)n2)OC[C@]3(C)C(N)=O)C(F)(F)F)cc2cn(C3CC3)nc12. The molecule has 0 spiro atoms. The van der Waals surface area contributed by atoms with E-state index in [0.29, 0.717) is 22.2 Å². The van der Waals surface area contributed by atoms with Crippen LogP contribution >= 0.6 is 11.3 Å². The van der Waals surface area contributed by atoms with Crippen LogP contribution in [0.1, 0.15) is 58.7 Å². The Labute approximate surface area is 255 Å². The number of nitrogens with one attached hydrogen (secondary N) is 1. The average molecular weight is 652 g/mol. The van der Waals surface area contributed by atoms with E-state index in [1.165, 1.54) is 31.5 Å². The summed E-state index contributed by atoms with van der Waals surface area (Å²) in [5.74, 6) is -1.78. The molecule has 2 atom stereocenters. The summed E-state index contributed by atoms with van der Waals surface area (Å²) in [5, 5.41) is 19.7. The minimum Gasteiger partial charge on any atom is -0.494 e. The molecule has 238 valence electrons. The summed E-state index contributed by atoms with van der Waals surface area (Å²) in [6, 6.07) is 4.88. The van der Waals surface area contributed by atoms with Crippen LogP contribution in [0.15, 0.2) is 35.8 Å². The Morgan fingerprint density at radius 1 is 1.27 bits per heavy atom. The zero-order valence-electron chi connectivity index (χ0n) is 23.7. The molecule has 16 heteroatoms. The number of ether oxygens (including phenoxy) is 2. The molecule has 0 radical (unpaired) electrons. The lowest BCUT2D eigenvalue weighted by molar-refractivity contribution is -0.265. The largest absolute Gasteiger partial charge is 0.494 e. The molecular weight excluding hydrogens is 625 g/mol. The molecule has 0 bridgehead atoms. The maximum Gasteiger partial charge on any atom is 0.424 e. The molecule has 45 heavy (non-hydrogen) atoms. The molecule has 1 aliphatic carbocycles. The summed E-state index contributed by atoms with van der Waals surface area (Å²) in [4.78, 5) is 29.3. The minimum absolute atomic E-state index is 0.0113. The molecule has 1 aliphatic heterocycles. The predicted octanol–water partition coefficient (Wildman–Crippen LogP) is 4.76. The topological polar surface area (TPSA) is 142 Å². The smallest absolute Gasteiger partial charge is 0.424 e. The van der Waals surface area contributed by atoms with Gasteiger partial charge in [-0.3, -0.25) is 14.3 Å². The Kier molecular flexibility index (Phi) is 7.27. The summed E-state index contributed by atoms with van der Waals surface area (Å²) in [6.45, 7) is -0.400. The summed E-state index contributed by atoms with van der Waals surface area (Å²) in [5.41, 5.74) is -0.831. The van der Waals surface area contributed by atoms with Gasteiger partial charge < -0.3 is 25.6 Å². The number of methoxy groups -OCH3 is 1. The Hall–Kier alpha value is -4.31. The van der Waals surface area contributed by atoms with Crippen LogP contribution in [0.5, 0.6) is 11.5 Å². The fraction of sp³-hybridized carbons (Fsp3) is 0.379. The number of thiophene rings is 1. The van der Waals surface area contributed by atoms with Crippen molar-refractivity contribution in [2.24, 2.45) is 5.73 Å². The molecule has 0 unspecified atom stereocenters. The van der Waals surface area contributed by atoms with Crippen LogP contribution in [0.3, 0.4) is 0 Å². The van der Waals surface area contributed by atoms with Crippen molar-refractivity contribution in [1.82, 2.24) is 20.1 Å². The lowest BCUT2D eigenvalue weighted by Gasteiger charge is -2.31. The second-order valence-electron chi connectivity index (χ2n) is 11.3. The van der Waals surface area contributed by atoms with Gasteiger partial charge in [-0.05, 0) is 44.0 Å². The number of hydrogen-bond acceptors (Lipinski definition) is 8. The number of pyridine rings is 1. The van der Waals surface area contributed by atoms with E-state index in [0.717, 1.165) is 25.0 Å². The van der Waals surface area contributed by atoms with Gasteiger partial charge in [0.2, 0.25) is 11.5 Å². The number of primary amides is 1. The van der Waals surface area contributed by atoms with Gasteiger partial charge in [0.05, 0.1) is 30.3 Å². The number of rotatable bonds is 9. The number of carbonyl (C=O) groups is 2. The highest BCUT2D eigenvalue weighted by molar-refractivity contribution is 7.10. The highest BCUT2D eigenvalue weighted by atomic mass is 32.1. The number of carbonyl (C=O) groups excluding carboxylic acids is 2. The Bertz CT molecular complexity index is 1840. The van der Waals surface area contributed by atoms with E-state index in [1.54, 1.807) is 10.9 Å². The van der Waals surface area contributed by atoms with Crippen LogP contribution in [-0.4, -0.2) is 58.1 Å². The van der Waals surface area contributed by atoms with Gasteiger partial charge in [0.1, 0.15) is 34.7 Å². The number of aliphatic hydroxyl groups is 1. The number of benzene rings is 1. The molecule has 10 nitrogen and oxygen atoms in total.